The highest BCUT2D eigenvalue weighted by atomic mass is 16.5. The molecule has 2 heterocycles. The van der Waals surface area contributed by atoms with E-state index in [-0.39, 0.29) is 12.0 Å². The average Bonchev–Trinajstić information content (AvgIpc) is 3.16. The fourth-order valence-corrected chi connectivity index (χ4v) is 3.96. The molecule has 1 saturated carbocycles. The maximum atomic E-state index is 12.2. The fraction of sp³-hybridized carbons (Fsp3) is 0.938. The van der Waals surface area contributed by atoms with Crippen molar-refractivity contribution in [3.63, 3.8) is 0 Å². The zero-order valence-corrected chi connectivity index (χ0v) is 12.9. The molecule has 0 aromatic heterocycles. The zero-order chi connectivity index (χ0) is 14.7. The highest BCUT2D eigenvalue weighted by molar-refractivity contribution is 5.76. The van der Waals surface area contributed by atoms with Gasteiger partial charge in [0.1, 0.15) is 0 Å². The van der Waals surface area contributed by atoms with E-state index in [1.165, 1.54) is 0 Å². The van der Waals surface area contributed by atoms with Crippen LogP contribution in [0.5, 0.6) is 0 Å². The number of carbonyl (C=O) groups excluding carboxylic acids is 1. The molecule has 1 aliphatic carbocycles. The lowest BCUT2D eigenvalue weighted by Gasteiger charge is -2.39. The number of aliphatic hydroxyl groups is 1. The molecule has 0 bridgehead atoms. The third-order valence-electron chi connectivity index (χ3n) is 5.28. The second-order valence-electron chi connectivity index (χ2n) is 6.66. The maximum Gasteiger partial charge on any atom is 0.222 e. The van der Waals surface area contributed by atoms with Gasteiger partial charge >= 0.3 is 0 Å². The van der Waals surface area contributed by atoms with E-state index in [4.69, 9.17) is 4.74 Å². The van der Waals surface area contributed by atoms with Gasteiger partial charge in [-0.15, -0.1) is 0 Å². The molecule has 0 radical (unpaired) electrons. The van der Waals surface area contributed by atoms with Crippen LogP contribution in [0.15, 0.2) is 0 Å². The van der Waals surface area contributed by atoms with E-state index in [1.807, 2.05) is 4.90 Å². The van der Waals surface area contributed by atoms with Gasteiger partial charge in [-0.05, 0) is 38.5 Å². The summed E-state index contributed by atoms with van der Waals surface area (Å²) in [5, 5.41) is 9.99. The van der Waals surface area contributed by atoms with Crippen LogP contribution in [-0.2, 0) is 9.53 Å². The fourth-order valence-electron chi connectivity index (χ4n) is 3.96. The number of piperazine rings is 1. The third kappa shape index (κ3) is 3.76. The Kier molecular flexibility index (Phi) is 5.14. The van der Waals surface area contributed by atoms with Crippen LogP contribution in [0.25, 0.3) is 0 Å². The van der Waals surface area contributed by atoms with Crippen molar-refractivity contribution in [2.24, 2.45) is 0 Å². The first-order valence-electron chi connectivity index (χ1n) is 8.55. The predicted octanol–water partition coefficient (Wildman–Crippen LogP) is 1.00. The summed E-state index contributed by atoms with van der Waals surface area (Å²) in [6, 6.07) is 0.328. The second kappa shape index (κ2) is 7.07. The van der Waals surface area contributed by atoms with Gasteiger partial charge in [0.15, 0.2) is 0 Å². The Hall–Kier alpha value is -0.650. The second-order valence-corrected chi connectivity index (χ2v) is 6.66. The molecule has 1 amide bonds. The van der Waals surface area contributed by atoms with Crippen molar-refractivity contribution in [3.05, 3.63) is 0 Å². The average molecular weight is 296 g/mol. The molecule has 1 N–H and O–H groups in total. The van der Waals surface area contributed by atoms with E-state index in [2.05, 4.69) is 4.90 Å². The Morgan fingerprint density at radius 2 is 1.90 bits per heavy atom. The number of amides is 1. The van der Waals surface area contributed by atoms with Crippen LogP contribution in [0.2, 0.25) is 0 Å². The number of hydrogen-bond acceptors (Lipinski definition) is 4. The number of ether oxygens (including phenoxy) is 1. The Labute approximate surface area is 127 Å². The molecule has 3 fully saturated rings. The van der Waals surface area contributed by atoms with Gasteiger partial charge in [-0.25, -0.2) is 0 Å². The monoisotopic (exact) mass is 296 g/mol. The van der Waals surface area contributed by atoms with E-state index >= 15 is 0 Å². The molecule has 0 unspecified atom stereocenters. The van der Waals surface area contributed by atoms with Gasteiger partial charge in [0.05, 0.1) is 12.2 Å². The molecule has 120 valence electrons. The van der Waals surface area contributed by atoms with Crippen molar-refractivity contribution in [3.8, 4) is 0 Å². The molecule has 21 heavy (non-hydrogen) atoms. The topological polar surface area (TPSA) is 53.0 Å². The molecular formula is C16H28N2O3. The van der Waals surface area contributed by atoms with Crippen molar-refractivity contribution in [1.29, 1.82) is 0 Å². The highest BCUT2D eigenvalue weighted by Crippen LogP contribution is 2.25. The quantitative estimate of drug-likeness (QED) is 0.841. The molecule has 5 nitrogen and oxygen atoms in total. The van der Waals surface area contributed by atoms with Crippen LogP contribution in [0.1, 0.15) is 44.9 Å². The van der Waals surface area contributed by atoms with Crippen LogP contribution in [0.4, 0.5) is 0 Å². The predicted molar refractivity (Wildman–Crippen MR) is 80.0 cm³/mol. The minimum Gasteiger partial charge on any atom is -0.391 e. The third-order valence-corrected chi connectivity index (χ3v) is 5.28. The number of hydrogen-bond donors (Lipinski definition) is 1. The van der Waals surface area contributed by atoms with Crippen molar-refractivity contribution in [2.45, 2.75) is 63.2 Å². The summed E-state index contributed by atoms with van der Waals surface area (Å²) < 4.78 is 5.58. The maximum absolute atomic E-state index is 12.2. The summed E-state index contributed by atoms with van der Waals surface area (Å²) in [5.41, 5.74) is 0. The van der Waals surface area contributed by atoms with Crippen molar-refractivity contribution in [2.75, 3.05) is 32.8 Å². The first-order chi connectivity index (χ1) is 10.2. The summed E-state index contributed by atoms with van der Waals surface area (Å²) in [4.78, 5) is 16.6. The van der Waals surface area contributed by atoms with Crippen LogP contribution in [0, 0.1) is 0 Å². The van der Waals surface area contributed by atoms with Crippen LogP contribution in [-0.4, -0.2) is 71.8 Å². The highest BCUT2D eigenvalue weighted by Gasteiger charge is 2.33. The summed E-state index contributed by atoms with van der Waals surface area (Å²) in [6.45, 7) is 4.31. The zero-order valence-electron chi connectivity index (χ0n) is 12.9. The SMILES string of the molecule is O=C(CC[C@@H]1CCCO1)N1CCN([C@H]2CCC[C@@H]2O)CC1. The van der Waals surface area contributed by atoms with Gasteiger partial charge in [-0.1, -0.05) is 0 Å². The summed E-state index contributed by atoms with van der Waals surface area (Å²) in [5.74, 6) is 0.275. The molecule has 0 aromatic rings. The smallest absolute Gasteiger partial charge is 0.222 e. The lowest BCUT2D eigenvalue weighted by atomic mass is 10.1. The Balaban J connectivity index is 1.39. The number of nitrogens with zero attached hydrogens (tertiary/aromatic N) is 2. The van der Waals surface area contributed by atoms with E-state index < -0.39 is 0 Å². The molecule has 2 aliphatic heterocycles. The van der Waals surface area contributed by atoms with E-state index in [0.717, 1.165) is 71.3 Å². The summed E-state index contributed by atoms with van der Waals surface area (Å²) in [7, 11) is 0. The lowest BCUT2D eigenvalue weighted by Crippen LogP contribution is -2.53. The van der Waals surface area contributed by atoms with E-state index in [0.29, 0.717) is 18.6 Å². The molecule has 5 heteroatoms. The standard InChI is InChI=1S/C16H28N2O3/c19-15-5-1-4-14(15)17-8-10-18(11-9-17)16(20)7-6-13-3-2-12-21-13/h13-15,19H,1-12H2/t13-,14-,15-/m0/s1. The van der Waals surface area contributed by atoms with Gasteiger partial charge in [0, 0.05) is 45.2 Å². The van der Waals surface area contributed by atoms with Gasteiger partial charge in [0.2, 0.25) is 5.91 Å². The summed E-state index contributed by atoms with van der Waals surface area (Å²) >= 11 is 0. The number of aliphatic hydroxyl groups excluding tert-OH is 1. The van der Waals surface area contributed by atoms with E-state index in [1.54, 1.807) is 0 Å². The van der Waals surface area contributed by atoms with Crippen LogP contribution in [0.3, 0.4) is 0 Å². The van der Waals surface area contributed by atoms with Crippen molar-refractivity contribution in [1.82, 2.24) is 9.80 Å². The molecule has 3 atom stereocenters. The number of rotatable bonds is 4. The largest absolute Gasteiger partial charge is 0.391 e. The molecule has 2 saturated heterocycles. The molecular weight excluding hydrogens is 268 g/mol. The van der Waals surface area contributed by atoms with Gasteiger partial charge in [-0.3, -0.25) is 9.69 Å². The Morgan fingerprint density at radius 3 is 2.52 bits per heavy atom. The lowest BCUT2D eigenvalue weighted by molar-refractivity contribution is -0.134. The first kappa shape index (κ1) is 15.3. The van der Waals surface area contributed by atoms with Crippen LogP contribution >= 0.6 is 0 Å². The Morgan fingerprint density at radius 1 is 1.10 bits per heavy atom. The minimum absolute atomic E-state index is 0.160. The van der Waals surface area contributed by atoms with E-state index in [9.17, 15) is 9.90 Å². The van der Waals surface area contributed by atoms with Crippen LogP contribution < -0.4 is 0 Å². The minimum atomic E-state index is -0.160. The van der Waals surface area contributed by atoms with Gasteiger partial charge in [-0.2, -0.15) is 0 Å². The molecule has 3 aliphatic rings. The van der Waals surface area contributed by atoms with Gasteiger partial charge < -0.3 is 14.7 Å². The van der Waals surface area contributed by atoms with Crippen molar-refractivity contribution >= 4 is 5.91 Å². The Bertz CT molecular complexity index is 349. The van der Waals surface area contributed by atoms with Crippen molar-refractivity contribution < 1.29 is 14.6 Å². The van der Waals surface area contributed by atoms with Gasteiger partial charge in [0.25, 0.3) is 0 Å². The summed E-state index contributed by atoms with van der Waals surface area (Å²) in [6.07, 6.45) is 7.07. The normalized spacial score (nSPS) is 34.5. The molecule has 0 spiro atoms. The first-order valence-corrected chi connectivity index (χ1v) is 8.55. The number of carbonyl (C=O) groups is 1. The molecule has 3 rings (SSSR count). The molecule has 0 aromatic carbocycles.